The summed E-state index contributed by atoms with van der Waals surface area (Å²) >= 11 is 0. The molecule has 76 valence electrons. The van der Waals surface area contributed by atoms with Crippen molar-refractivity contribution in [2.75, 3.05) is 0 Å². The molecule has 0 aromatic heterocycles. The van der Waals surface area contributed by atoms with Crippen LogP contribution in [0.5, 0.6) is 0 Å². The van der Waals surface area contributed by atoms with Gasteiger partial charge in [0.1, 0.15) is 0 Å². The highest BCUT2D eigenvalue weighted by molar-refractivity contribution is 5.65. The van der Waals surface area contributed by atoms with E-state index >= 15 is 0 Å². The highest BCUT2D eigenvalue weighted by Gasteiger charge is 1.94. The minimum atomic E-state index is 1.31. The van der Waals surface area contributed by atoms with Crippen molar-refractivity contribution >= 4 is 0 Å². The molecule has 0 heterocycles. The van der Waals surface area contributed by atoms with Gasteiger partial charge in [-0.1, -0.05) is 76.2 Å². The number of hydrogen-bond donors (Lipinski definition) is 0. The maximum absolute atomic E-state index is 2.12. The van der Waals surface area contributed by atoms with E-state index in [1.54, 1.807) is 0 Å². The Morgan fingerprint density at radius 2 is 0.857 bits per heavy atom. The predicted molar refractivity (Wildman–Crippen MR) is 65.8 cm³/mol. The lowest BCUT2D eigenvalue weighted by Crippen LogP contribution is -1.59. The molecule has 0 amide bonds. The maximum atomic E-state index is 2.12. The summed E-state index contributed by atoms with van der Waals surface area (Å²) in [5.74, 6) is 0. The lowest BCUT2D eigenvalue weighted by atomic mass is 10.2. The smallest absolute Gasteiger partial charge is 0.0184 e. The quantitative estimate of drug-likeness (QED) is 0.554. The molecule has 2 rings (SSSR count). The summed E-state index contributed by atoms with van der Waals surface area (Å²) in [7, 11) is 0. The third-order valence-corrected chi connectivity index (χ3v) is 1.66. The van der Waals surface area contributed by atoms with E-state index in [0.717, 1.165) is 0 Å². The highest BCUT2D eigenvalue weighted by atomic mass is 14.0. The average molecular weight is 188 g/mol. The van der Waals surface area contributed by atoms with E-state index in [9.17, 15) is 0 Å². The van der Waals surface area contributed by atoms with Crippen LogP contribution >= 0.6 is 0 Å². The SMILES string of the molecule is CC.CC.c1ccc2cccc-2cc1. The standard InChI is InChI=1S/C10H8.2C2H6/c1-2-5-9-7-4-8-10(9)6-3-1;2*1-2/h1-8H;2*1-2H3. The van der Waals surface area contributed by atoms with Crippen LogP contribution in [0, 0.1) is 0 Å². The fraction of sp³-hybridized carbons (Fsp3) is 0.286. The van der Waals surface area contributed by atoms with Crippen LogP contribution in [0.4, 0.5) is 0 Å². The van der Waals surface area contributed by atoms with Crippen molar-refractivity contribution in [3.05, 3.63) is 48.5 Å². The van der Waals surface area contributed by atoms with Crippen LogP contribution in [-0.4, -0.2) is 0 Å². The van der Waals surface area contributed by atoms with E-state index in [1.165, 1.54) is 11.1 Å². The van der Waals surface area contributed by atoms with Crippen molar-refractivity contribution in [1.29, 1.82) is 0 Å². The molecule has 0 saturated carbocycles. The van der Waals surface area contributed by atoms with Gasteiger partial charge >= 0.3 is 0 Å². The molecule has 0 nitrogen and oxygen atoms in total. The summed E-state index contributed by atoms with van der Waals surface area (Å²) in [6, 6.07) is 16.7. The van der Waals surface area contributed by atoms with Crippen LogP contribution in [-0.2, 0) is 0 Å². The number of fused-ring (bicyclic) bond motifs is 1. The first-order valence-corrected chi connectivity index (χ1v) is 5.40. The largest absolute Gasteiger partial charge is 0.0683 e. The van der Waals surface area contributed by atoms with Gasteiger partial charge in [0.05, 0.1) is 0 Å². The number of rotatable bonds is 0. The first-order valence-electron chi connectivity index (χ1n) is 5.40. The van der Waals surface area contributed by atoms with Gasteiger partial charge in [0.2, 0.25) is 0 Å². The van der Waals surface area contributed by atoms with Gasteiger partial charge in [-0.05, 0) is 11.1 Å². The fourth-order valence-electron chi connectivity index (χ4n) is 1.13. The van der Waals surface area contributed by atoms with Crippen LogP contribution in [0.2, 0.25) is 0 Å². The lowest BCUT2D eigenvalue weighted by molar-refractivity contribution is 1.50. The van der Waals surface area contributed by atoms with Crippen molar-refractivity contribution in [2.24, 2.45) is 0 Å². The minimum Gasteiger partial charge on any atom is -0.0683 e. The first-order chi connectivity index (χ1) is 6.97. The molecule has 0 unspecified atom stereocenters. The Morgan fingerprint density at radius 3 is 1.29 bits per heavy atom. The summed E-state index contributed by atoms with van der Waals surface area (Å²) < 4.78 is 0. The summed E-state index contributed by atoms with van der Waals surface area (Å²) in [6.45, 7) is 8.00. The molecule has 0 N–H and O–H groups in total. The van der Waals surface area contributed by atoms with Crippen LogP contribution in [0.15, 0.2) is 48.5 Å². The van der Waals surface area contributed by atoms with E-state index in [2.05, 4.69) is 42.5 Å². The predicted octanol–water partition coefficient (Wildman–Crippen LogP) is 4.84. The fourth-order valence-corrected chi connectivity index (χ4v) is 1.13. The highest BCUT2D eigenvalue weighted by Crippen LogP contribution is 2.19. The average Bonchev–Trinajstić information content (AvgIpc) is 2.61. The van der Waals surface area contributed by atoms with Crippen molar-refractivity contribution in [3.8, 4) is 11.1 Å². The molecule has 0 saturated heterocycles. The van der Waals surface area contributed by atoms with Gasteiger partial charge in [0, 0.05) is 0 Å². The van der Waals surface area contributed by atoms with Gasteiger partial charge in [0.25, 0.3) is 0 Å². The van der Waals surface area contributed by atoms with Crippen molar-refractivity contribution in [1.82, 2.24) is 0 Å². The Morgan fingerprint density at radius 1 is 0.500 bits per heavy atom. The zero-order valence-electron chi connectivity index (χ0n) is 9.62. The zero-order valence-corrected chi connectivity index (χ0v) is 9.62. The Kier molecular flexibility index (Phi) is 7.53. The molecule has 0 bridgehead atoms. The number of hydrogen-bond acceptors (Lipinski definition) is 0. The Balaban J connectivity index is 0.000000379. The van der Waals surface area contributed by atoms with Crippen molar-refractivity contribution in [3.63, 3.8) is 0 Å². The second-order valence-electron chi connectivity index (χ2n) is 2.35. The third-order valence-electron chi connectivity index (χ3n) is 1.66. The van der Waals surface area contributed by atoms with Gasteiger partial charge in [-0.25, -0.2) is 0 Å². The van der Waals surface area contributed by atoms with Gasteiger partial charge in [-0.3, -0.25) is 0 Å². The molecular weight excluding hydrogens is 168 g/mol. The monoisotopic (exact) mass is 188 g/mol. The second-order valence-corrected chi connectivity index (χ2v) is 2.35. The van der Waals surface area contributed by atoms with Gasteiger partial charge in [-0.2, -0.15) is 0 Å². The third kappa shape index (κ3) is 3.61. The van der Waals surface area contributed by atoms with E-state index < -0.39 is 0 Å². The normalized spacial score (nSPS) is 8.00. The molecule has 0 fully saturated rings. The molecule has 2 aliphatic carbocycles. The van der Waals surface area contributed by atoms with Crippen molar-refractivity contribution in [2.45, 2.75) is 27.7 Å². The molecule has 0 heteroatoms. The summed E-state index contributed by atoms with van der Waals surface area (Å²) in [5, 5.41) is 0. The molecular formula is C14H20. The summed E-state index contributed by atoms with van der Waals surface area (Å²) in [4.78, 5) is 0. The summed E-state index contributed by atoms with van der Waals surface area (Å²) in [5.41, 5.74) is 2.62. The van der Waals surface area contributed by atoms with Crippen LogP contribution in [0.25, 0.3) is 11.1 Å². The van der Waals surface area contributed by atoms with Gasteiger partial charge < -0.3 is 0 Å². The van der Waals surface area contributed by atoms with Crippen molar-refractivity contribution < 1.29 is 0 Å². The summed E-state index contributed by atoms with van der Waals surface area (Å²) in [6.07, 6.45) is 0. The molecule has 0 radical (unpaired) electrons. The van der Waals surface area contributed by atoms with E-state index in [4.69, 9.17) is 0 Å². The maximum Gasteiger partial charge on any atom is -0.0184 e. The second kappa shape index (κ2) is 8.31. The Labute approximate surface area is 87.9 Å². The Bertz CT molecular complexity index is 271. The van der Waals surface area contributed by atoms with E-state index in [1.807, 2.05) is 33.8 Å². The minimum absolute atomic E-state index is 1.31. The molecule has 0 aromatic rings. The molecule has 0 atom stereocenters. The molecule has 2 aliphatic rings. The lowest BCUT2D eigenvalue weighted by Gasteiger charge is -1.85. The Hall–Kier alpha value is -1.30. The van der Waals surface area contributed by atoms with Gasteiger partial charge in [-0.15, -0.1) is 0 Å². The van der Waals surface area contributed by atoms with Crippen LogP contribution in [0.1, 0.15) is 27.7 Å². The van der Waals surface area contributed by atoms with Gasteiger partial charge in [0.15, 0.2) is 0 Å². The topological polar surface area (TPSA) is 0 Å². The molecule has 0 spiro atoms. The van der Waals surface area contributed by atoms with Crippen LogP contribution < -0.4 is 0 Å². The van der Waals surface area contributed by atoms with E-state index in [0.29, 0.717) is 0 Å². The zero-order chi connectivity index (χ0) is 10.8. The molecule has 14 heavy (non-hydrogen) atoms. The van der Waals surface area contributed by atoms with E-state index in [-0.39, 0.29) is 0 Å². The molecule has 0 aliphatic heterocycles. The van der Waals surface area contributed by atoms with Crippen LogP contribution in [0.3, 0.4) is 0 Å². The first kappa shape index (κ1) is 12.7. The molecule has 0 aromatic carbocycles.